The van der Waals surface area contributed by atoms with Crippen LogP contribution in [0.4, 0.5) is 0 Å². The molecule has 2 heterocycles. The van der Waals surface area contributed by atoms with Gasteiger partial charge in [0.2, 0.25) is 0 Å². The van der Waals surface area contributed by atoms with Gasteiger partial charge in [0, 0.05) is 13.0 Å². The molecule has 1 saturated heterocycles. The molecule has 6 nitrogen and oxygen atoms in total. The highest BCUT2D eigenvalue weighted by molar-refractivity contribution is 5.97. The van der Waals surface area contributed by atoms with E-state index in [1.54, 1.807) is 6.92 Å². The van der Waals surface area contributed by atoms with Gasteiger partial charge in [-0.05, 0) is 13.0 Å². The molecule has 2 rings (SSSR count). The smallest absolute Gasteiger partial charge is 0.326 e. The predicted molar refractivity (Wildman–Crippen MR) is 56.5 cm³/mol. The van der Waals surface area contributed by atoms with Gasteiger partial charge in [0.1, 0.15) is 11.8 Å². The normalized spacial score (nSPS) is 24.0. The van der Waals surface area contributed by atoms with E-state index in [2.05, 4.69) is 0 Å². The van der Waals surface area contributed by atoms with E-state index in [4.69, 9.17) is 9.52 Å². The molecule has 2 N–H and O–H groups in total. The highest BCUT2D eigenvalue weighted by Gasteiger charge is 2.39. The fourth-order valence-electron chi connectivity index (χ4n) is 2.03. The number of hydrogen-bond acceptors (Lipinski definition) is 4. The maximum Gasteiger partial charge on any atom is 0.326 e. The number of aliphatic hydroxyl groups is 1. The molecule has 0 radical (unpaired) electrons. The molecule has 6 heteroatoms. The first kappa shape index (κ1) is 11.7. The Morgan fingerprint density at radius 2 is 2.24 bits per heavy atom. The molecule has 92 valence electrons. The van der Waals surface area contributed by atoms with Crippen molar-refractivity contribution in [3.05, 3.63) is 23.7 Å². The molecule has 17 heavy (non-hydrogen) atoms. The summed E-state index contributed by atoms with van der Waals surface area (Å²) in [5, 5.41) is 18.4. The fourth-order valence-corrected chi connectivity index (χ4v) is 2.03. The molecule has 1 aliphatic heterocycles. The Bertz CT molecular complexity index is 452. The Hall–Kier alpha value is -1.82. The quantitative estimate of drug-likeness (QED) is 0.771. The Balaban J connectivity index is 2.25. The van der Waals surface area contributed by atoms with Crippen LogP contribution in [-0.4, -0.2) is 45.7 Å². The third kappa shape index (κ3) is 2.03. The minimum absolute atomic E-state index is 0.0421. The van der Waals surface area contributed by atoms with Crippen LogP contribution in [-0.2, 0) is 4.79 Å². The number of amides is 1. The van der Waals surface area contributed by atoms with Crippen molar-refractivity contribution in [3.8, 4) is 0 Å². The average molecular weight is 239 g/mol. The highest BCUT2D eigenvalue weighted by Crippen LogP contribution is 2.22. The number of carbonyl (C=O) groups is 2. The second kappa shape index (κ2) is 4.21. The van der Waals surface area contributed by atoms with Crippen LogP contribution in [0.2, 0.25) is 0 Å². The van der Waals surface area contributed by atoms with Crippen molar-refractivity contribution in [2.75, 3.05) is 6.54 Å². The number of carboxylic acids is 1. The zero-order valence-corrected chi connectivity index (χ0v) is 9.29. The predicted octanol–water partition coefficient (Wildman–Crippen LogP) is 0.248. The first-order valence-electron chi connectivity index (χ1n) is 5.26. The first-order valence-corrected chi connectivity index (χ1v) is 5.26. The summed E-state index contributed by atoms with van der Waals surface area (Å²) in [7, 11) is 0. The Morgan fingerprint density at radius 1 is 1.53 bits per heavy atom. The Labute approximate surface area is 97.4 Å². The standard InChI is InChI=1S/C11H13NO5/c1-6-8(2-3-17-6)10(14)12-5-7(13)4-9(12)11(15)16/h2-3,7,9,13H,4-5H2,1H3,(H,15,16)/t7-,9-/m1/s1. The van der Waals surface area contributed by atoms with Crippen LogP contribution in [0.5, 0.6) is 0 Å². The van der Waals surface area contributed by atoms with Crippen LogP contribution in [0.25, 0.3) is 0 Å². The molecule has 0 spiro atoms. The number of β-amino-alcohol motifs (C(OH)–C–C–N with tert-alkyl or cyclic N) is 1. The van der Waals surface area contributed by atoms with Gasteiger partial charge in [-0.1, -0.05) is 0 Å². The molecule has 1 aromatic rings. The number of carbonyl (C=O) groups excluding carboxylic acids is 1. The number of rotatable bonds is 2. The lowest BCUT2D eigenvalue weighted by atomic mass is 10.2. The number of hydrogen-bond donors (Lipinski definition) is 2. The summed E-state index contributed by atoms with van der Waals surface area (Å²) in [5.41, 5.74) is 0.338. The van der Waals surface area contributed by atoms with E-state index < -0.39 is 24.0 Å². The minimum Gasteiger partial charge on any atom is -0.480 e. The zero-order valence-electron chi connectivity index (χ0n) is 9.29. The van der Waals surface area contributed by atoms with Gasteiger partial charge in [-0.25, -0.2) is 4.79 Å². The van der Waals surface area contributed by atoms with Crippen molar-refractivity contribution < 1.29 is 24.2 Å². The Morgan fingerprint density at radius 3 is 2.76 bits per heavy atom. The third-order valence-corrected chi connectivity index (χ3v) is 2.91. The minimum atomic E-state index is -1.10. The lowest BCUT2D eigenvalue weighted by molar-refractivity contribution is -0.141. The van der Waals surface area contributed by atoms with Gasteiger partial charge in [0.15, 0.2) is 0 Å². The maximum atomic E-state index is 12.1. The van der Waals surface area contributed by atoms with E-state index in [1.165, 1.54) is 17.2 Å². The van der Waals surface area contributed by atoms with Crippen molar-refractivity contribution in [3.63, 3.8) is 0 Å². The van der Waals surface area contributed by atoms with Crippen LogP contribution < -0.4 is 0 Å². The topological polar surface area (TPSA) is 91.0 Å². The van der Waals surface area contributed by atoms with Crippen molar-refractivity contribution >= 4 is 11.9 Å². The van der Waals surface area contributed by atoms with Gasteiger partial charge in [0.05, 0.1) is 17.9 Å². The lowest BCUT2D eigenvalue weighted by Crippen LogP contribution is -2.40. The summed E-state index contributed by atoms with van der Waals surface area (Å²) >= 11 is 0. The summed E-state index contributed by atoms with van der Waals surface area (Å²) < 4.78 is 5.01. The SMILES string of the molecule is Cc1occc1C(=O)N1C[C@H](O)C[C@@H]1C(=O)O. The number of carboxylic acid groups (broad SMARTS) is 1. The summed E-state index contributed by atoms with van der Waals surface area (Å²) in [6.07, 6.45) is 0.662. The van der Waals surface area contributed by atoms with Crippen LogP contribution in [0.15, 0.2) is 16.7 Å². The molecule has 0 aliphatic carbocycles. The fraction of sp³-hybridized carbons (Fsp3) is 0.455. The molecule has 1 aromatic heterocycles. The van der Waals surface area contributed by atoms with Gasteiger partial charge < -0.3 is 19.5 Å². The number of aliphatic carboxylic acids is 1. The van der Waals surface area contributed by atoms with E-state index in [9.17, 15) is 14.7 Å². The molecule has 1 amide bonds. The van der Waals surface area contributed by atoms with Crippen molar-refractivity contribution in [2.45, 2.75) is 25.5 Å². The molecule has 1 fully saturated rings. The average Bonchev–Trinajstić information content (AvgIpc) is 2.83. The van der Waals surface area contributed by atoms with Gasteiger partial charge >= 0.3 is 5.97 Å². The molecular weight excluding hydrogens is 226 g/mol. The number of nitrogens with zero attached hydrogens (tertiary/aromatic N) is 1. The number of aryl methyl sites for hydroxylation is 1. The molecule has 2 atom stereocenters. The molecular formula is C11H13NO5. The van der Waals surface area contributed by atoms with Gasteiger partial charge in [-0.3, -0.25) is 4.79 Å². The largest absolute Gasteiger partial charge is 0.480 e. The van der Waals surface area contributed by atoms with Gasteiger partial charge in [-0.2, -0.15) is 0 Å². The van der Waals surface area contributed by atoms with Crippen LogP contribution in [0.1, 0.15) is 22.5 Å². The molecule has 0 aromatic carbocycles. The summed E-state index contributed by atoms with van der Waals surface area (Å²) in [6, 6.07) is 0.535. The zero-order chi connectivity index (χ0) is 12.6. The van der Waals surface area contributed by atoms with Gasteiger partial charge in [-0.15, -0.1) is 0 Å². The molecule has 0 bridgehead atoms. The summed E-state index contributed by atoms with van der Waals surface area (Å²) in [5.74, 6) is -1.07. The maximum absolute atomic E-state index is 12.1. The van der Waals surface area contributed by atoms with Crippen LogP contribution >= 0.6 is 0 Å². The van der Waals surface area contributed by atoms with Gasteiger partial charge in [0.25, 0.3) is 5.91 Å². The molecule has 0 unspecified atom stereocenters. The van der Waals surface area contributed by atoms with Crippen molar-refractivity contribution in [2.24, 2.45) is 0 Å². The van der Waals surface area contributed by atoms with E-state index in [0.29, 0.717) is 11.3 Å². The number of likely N-dealkylation sites (tertiary alicyclic amines) is 1. The molecule has 1 aliphatic rings. The monoisotopic (exact) mass is 239 g/mol. The Kier molecular flexibility index (Phi) is 2.89. The van der Waals surface area contributed by atoms with E-state index in [1.807, 2.05) is 0 Å². The van der Waals surface area contributed by atoms with E-state index >= 15 is 0 Å². The molecule has 0 saturated carbocycles. The van der Waals surface area contributed by atoms with E-state index in [-0.39, 0.29) is 13.0 Å². The van der Waals surface area contributed by atoms with Crippen molar-refractivity contribution in [1.29, 1.82) is 0 Å². The second-order valence-corrected chi connectivity index (χ2v) is 4.09. The third-order valence-electron chi connectivity index (χ3n) is 2.91. The lowest BCUT2D eigenvalue weighted by Gasteiger charge is -2.20. The highest BCUT2D eigenvalue weighted by atomic mass is 16.4. The number of aliphatic hydroxyl groups excluding tert-OH is 1. The van der Waals surface area contributed by atoms with Crippen LogP contribution in [0.3, 0.4) is 0 Å². The summed E-state index contributed by atoms with van der Waals surface area (Å²) in [6.45, 7) is 1.68. The number of furan rings is 1. The summed E-state index contributed by atoms with van der Waals surface area (Å²) in [4.78, 5) is 24.2. The van der Waals surface area contributed by atoms with E-state index in [0.717, 1.165) is 0 Å². The second-order valence-electron chi connectivity index (χ2n) is 4.09. The first-order chi connectivity index (χ1) is 8.00. The van der Waals surface area contributed by atoms with Crippen LogP contribution in [0, 0.1) is 6.92 Å². The van der Waals surface area contributed by atoms with Crippen molar-refractivity contribution in [1.82, 2.24) is 4.90 Å².